The summed E-state index contributed by atoms with van der Waals surface area (Å²) >= 11 is 6.30. The van der Waals surface area contributed by atoms with Crippen LogP contribution in [0.4, 0.5) is 4.39 Å². The number of amides is 1. The topological polar surface area (TPSA) is 116 Å². The molecule has 0 radical (unpaired) electrons. The Hall–Kier alpha value is -3.01. The van der Waals surface area contributed by atoms with Crippen molar-refractivity contribution in [2.24, 2.45) is 0 Å². The largest absolute Gasteiger partial charge is 0.479 e. The highest BCUT2D eigenvalue weighted by Gasteiger charge is 2.27. The lowest BCUT2D eigenvalue weighted by atomic mass is 10.0. The molecule has 2 rings (SSSR count). The number of ether oxygens (including phenoxy) is 1. The second kappa shape index (κ2) is 10.5. The van der Waals surface area contributed by atoms with Crippen LogP contribution in [-0.4, -0.2) is 51.3 Å². The van der Waals surface area contributed by atoms with Gasteiger partial charge in [0.15, 0.2) is 6.10 Å². The Morgan fingerprint density at radius 2 is 1.81 bits per heavy atom. The van der Waals surface area contributed by atoms with Crippen LogP contribution < -0.4 is 5.43 Å². The fraction of sp³-hybridized carbons (Fsp3) is 0.318. The average molecular weight is 467 g/mol. The van der Waals surface area contributed by atoms with Crippen LogP contribution in [0.15, 0.2) is 42.5 Å². The number of aliphatic hydroxyl groups is 1. The van der Waals surface area contributed by atoms with E-state index in [9.17, 15) is 23.9 Å². The maximum Gasteiger partial charge on any atom is 0.398 e. The van der Waals surface area contributed by atoms with E-state index in [0.29, 0.717) is 5.56 Å². The number of aliphatic carboxylic acids is 1. The van der Waals surface area contributed by atoms with E-state index < -0.39 is 41.9 Å². The first-order valence-corrected chi connectivity index (χ1v) is 9.98. The number of carbonyl (C=O) groups is 3. The molecule has 172 valence electrons. The Balaban J connectivity index is 2.27. The minimum absolute atomic E-state index is 0.145. The Morgan fingerprint density at radius 1 is 1.19 bits per heavy atom. The first-order chi connectivity index (χ1) is 14.9. The maximum absolute atomic E-state index is 14.8. The molecule has 3 N–H and O–H groups in total. The molecular weight excluding hydrogens is 443 g/mol. The van der Waals surface area contributed by atoms with Crippen molar-refractivity contribution in [2.75, 3.05) is 6.54 Å². The molecule has 10 heteroatoms. The lowest BCUT2D eigenvalue weighted by Crippen LogP contribution is -2.50. The highest BCUT2D eigenvalue weighted by Crippen LogP contribution is 2.29. The van der Waals surface area contributed by atoms with Gasteiger partial charge in [-0.2, -0.15) is 0 Å². The zero-order valence-corrected chi connectivity index (χ0v) is 18.5. The predicted octanol–water partition coefficient (Wildman–Crippen LogP) is 2.77. The van der Waals surface area contributed by atoms with Crippen molar-refractivity contribution in [3.8, 4) is 11.1 Å². The number of carbonyl (C=O) groups excluding carboxylic acids is 2. The normalized spacial score (nSPS) is 12.3. The first kappa shape index (κ1) is 25.3. The third-order valence-corrected chi connectivity index (χ3v) is 4.46. The van der Waals surface area contributed by atoms with Crippen LogP contribution in [0.2, 0.25) is 5.02 Å². The molecule has 0 bridgehead atoms. The van der Waals surface area contributed by atoms with Crippen molar-refractivity contribution in [2.45, 2.75) is 39.0 Å². The molecule has 0 aliphatic rings. The number of carboxylic acid groups (broad SMARTS) is 1. The van der Waals surface area contributed by atoms with E-state index in [1.54, 1.807) is 51.1 Å². The average Bonchev–Trinajstić information content (AvgIpc) is 2.69. The predicted molar refractivity (Wildman–Crippen MR) is 115 cm³/mol. The number of nitrogens with one attached hydrogen (secondary N) is 1. The lowest BCUT2D eigenvalue weighted by Gasteiger charge is -2.26. The summed E-state index contributed by atoms with van der Waals surface area (Å²) in [5.41, 5.74) is 2.32. The molecule has 0 aliphatic carbocycles. The van der Waals surface area contributed by atoms with Crippen molar-refractivity contribution in [1.82, 2.24) is 10.4 Å². The summed E-state index contributed by atoms with van der Waals surface area (Å²) in [6, 6.07) is 11.3. The molecule has 1 atom stereocenters. The molecule has 0 saturated carbocycles. The van der Waals surface area contributed by atoms with Gasteiger partial charge < -0.3 is 14.9 Å². The summed E-state index contributed by atoms with van der Waals surface area (Å²) in [6.07, 6.45) is -1.89. The van der Waals surface area contributed by atoms with Gasteiger partial charge in [0.25, 0.3) is 0 Å². The molecular formula is C22H24ClFN2O6. The van der Waals surface area contributed by atoms with Crippen LogP contribution in [-0.2, 0) is 25.7 Å². The highest BCUT2D eigenvalue weighted by molar-refractivity contribution is 6.32. The van der Waals surface area contributed by atoms with Crippen molar-refractivity contribution >= 4 is 29.4 Å². The summed E-state index contributed by atoms with van der Waals surface area (Å²) in [4.78, 5) is 35.2. The van der Waals surface area contributed by atoms with E-state index in [2.05, 4.69) is 5.43 Å². The van der Waals surface area contributed by atoms with Crippen molar-refractivity contribution < 1.29 is 33.7 Å². The summed E-state index contributed by atoms with van der Waals surface area (Å²) in [5, 5.41) is 19.8. The molecule has 0 unspecified atom stereocenters. The van der Waals surface area contributed by atoms with Gasteiger partial charge in [0.05, 0.1) is 6.54 Å². The minimum Gasteiger partial charge on any atom is -0.479 e. The quantitative estimate of drug-likeness (QED) is 0.326. The molecule has 0 aliphatic heterocycles. The molecule has 1 amide bonds. The van der Waals surface area contributed by atoms with Gasteiger partial charge in [0.2, 0.25) is 0 Å². The van der Waals surface area contributed by atoms with Crippen LogP contribution >= 0.6 is 11.6 Å². The molecule has 32 heavy (non-hydrogen) atoms. The zero-order chi connectivity index (χ0) is 24.1. The summed E-state index contributed by atoms with van der Waals surface area (Å²) in [6.45, 7) is 3.83. The number of benzene rings is 2. The van der Waals surface area contributed by atoms with Crippen LogP contribution in [0.3, 0.4) is 0 Å². The molecule has 0 spiro atoms. The number of esters is 1. The molecule has 0 heterocycles. The SMILES string of the molecule is CC(C)(C)OC(=O)C(=O)NN(Cc1cc(F)c(-c2ccccc2)cc1Cl)C[C@@H](O)C(=O)O. The lowest BCUT2D eigenvalue weighted by molar-refractivity contribution is -0.166. The number of hydrogen-bond acceptors (Lipinski definition) is 6. The van der Waals surface area contributed by atoms with Crippen LogP contribution in [0.1, 0.15) is 26.3 Å². The van der Waals surface area contributed by atoms with Crippen molar-refractivity contribution in [3.63, 3.8) is 0 Å². The molecule has 0 fully saturated rings. The fourth-order valence-corrected chi connectivity index (χ4v) is 2.93. The van der Waals surface area contributed by atoms with Gasteiger partial charge in [-0.1, -0.05) is 41.9 Å². The number of hydrazine groups is 1. The van der Waals surface area contributed by atoms with E-state index in [1.807, 2.05) is 0 Å². The Kier molecular flexibility index (Phi) is 8.31. The van der Waals surface area contributed by atoms with E-state index in [-0.39, 0.29) is 22.7 Å². The number of halogens is 2. The zero-order valence-electron chi connectivity index (χ0n) is 17.8. The fourth-order valence-electron chi connectivity index (χ4n) is 2.70. The van der Waals surface area contributed by atoms with Crippen molar-refractivity contribution in [3.05, 3.63) is 58.9 Å². The number of hydrogen-bond donors (Lipinski definition) is 3. The first-order valence-electron chi connectivity index (χ1n) is 9.60. The molecule has 2 aromatic rings. The second-order valence-corrected chi connectivity index (χ2v) is 8.37. The standard InChI is InChI=1S/C22H24ClFN2O6/c1-22(2,3)32-21(31)19(28)25-26(12-18(27)20(29)30)11-14-9-17(24)15(10-16(14)23)13-7-5-4-6-8-13/h4-10,18,27H,11-12H2,1-3H3,(H,25,28)(H,29,30)/t18-/m1/s1. The third kappa shape index (κ3) is 7.30. The van der Waals surface area contributed by atoms with E-state index in [0.717, 1.165) is 11.1 Å². The van der Waals surface area contributed by atoms with E-state index in [4.69, 9.17) is 21.4 Å². The van der Waals surface area contributed by atoms with Gasteiger partial charge in [-0.25, -0.2) is 19.0 Å². The maximum atomic E-state index is 14.8. The molecule has 2 aromatic carbocycles. The van der Waals surface area contributed by atoms with Crippen molar-refractivity contribution in [1.29, 1.82) is 0 Å². The van der Waals surface area contributed by atoms with E-state index in [1.165, 1.54) is 6.07 Å². The van der Waals surface area contributed by atoms with Crippen LogP contribution in [0.25, 0.3) is 11.1 Å². The summed E-state index contributed by atoms with van der Waals surface area (Å²) in [5.74, 6) is -4.52. The van der Waals surface area contributed by atoms with Gasteiger partial charge in [-0.3, -0.25) is 10.2 Å². The minimum atomic E-state index is -1.89. The Labute approximate surface area is 189 Å². The summed E-state index contributed by atoms with van der Waals surface area (Å²) < 4.78 is 19.7. The smallest absolute Gasteiger partial charge is 0.398 e. The summed E-state index contributed by atoms with van der Waals surface area (Å²) in [7, 11) is 0. The van der Waals surface area contributed by atoms with Gasteiger partial charge in [0.1, 0.15) is 11.4 Å². The third-order valence-electron chi connectivity index (χ3n) is 4.10. The Morgan fingerprint density at radius 3 is 2.38 bits per heavy atom. The van der Waals surface area contributed by atoms with Gasteiger partial charge in [0, 0.05) is 17.1 Å². The molecule has 8 nitrogen and oxygen atoms in total. The highest BCUT2D eigenvalue weighted by atomic mass is 35.5. The number of carboxylic acids is 1. The number of rotatable bonds is 7. The number of nitrogens with zero attached hydrogens (tertiary/aromatic N) is 1. The van der Waals surface area contributed by atoms with Gasteiger partial charge in [-0.05, 0) is 44.0 Å². The Bertz CT molecular complexity index is 994. The van der Waals surface area contributed by atoms with Gasteiger partial charge >= 0.3 is 17.8 Å². The molecule has 0 saturated heterocycles. The number of aliphatic hydroxyl groups excluding tert-OH is 1. The monoisotopic (exact) mass is 466 g/mol. The second-order valence-electron chi connectivity index (χ2n) is 7.97. The van der Waals surface area contributed by atoms with Gasteiger partial charge in [-0.15, -0.1) is 0 Å². The van der Waals surface area contributed by atoms with Crippen LogP contribution in [0.5, 0.6) is 0 Å². The molecule has 0 aromatic heterocycles. The van der Waals surface area contributed by atoms with E-state index >= 15 is 0 Å². The van der Waals surface area contributed by atoms with Crippen LogP contribution in [0, 0.1) is 5.82 Å².